The number of rotatable bonds is 17. The van der Waals surface area contributed by atoms with Crippen molar-refractivity contribution in [1.29, 1.82) is 0 Å². The van der Waals surface area contributed by atoms with Crippen LogP contribution in [-0.2, 0) is 88.1 Å². The fourth-order valence-electron chi connectivity index (χ4n) is 13.5. The number of hydrogen-bond acceptors (Lipinski definition) is 6. The molecule has 0 saturated heterocycles. The molecule has 13 rings (SSSR count). The maximum atomic E-state index is 11.7. The molecule has 5 N–H and O–H groups in total. The topological polar surface area (TPSA) is 171 Å². The summed E-state index contributed by atoms with van der Waals surface area (Å²) in [5.74, 6) is -0.0330. The molecule has 0 unspecified atom stereocenters. The Labute approximate surface area is 610 Å². The van der Waals surface area contributed by atoms with E-state index in [-0.39, 0.29) is 23.5 Å². The molecule has 7 heterocycles. The smallest absolute Gasteiger partial charge is 0.306 e. The third-order valence-corrected chi connectivity index (χ3v) is 20.2. The number of carboxylic acids is 2. The minimum Gasteiger partial charge on any atom is -0.481 e. The first-order valence-electron chi connectivity index (χ1n) is 35.3. The van der Waals surface area contributed by atoms with Crippen molar-refractivity contribution >= 4 is 116 Å². The molecule has 0 radical (unpaired) electrons. The van der Waals surface area contributed by atoms with Crippen molar-refractivity contribution in [3.8, 4) is 0 Å². The number of alkyl halides is 1. The van der Waals surface area contributed by atoms with Gasteiger partial charge in [0.25, 0.3) is 0 Å². The number of nitrogens with two attached hydrogens (primary N) is 1. The van der Waals surface area contributed by atoms with E-state index >= 15 is 0 Å². The molecule has 0 aliphatic carbocycles. The average molecular weight is 1440 g/mol. The fourth-order valence-corrected chi connectivity index (χ4v) is 14.7. The number of nitrogen functional groups attached to an aromatic ring is 1. The van der Waals surface area contributed by atoms with Crippen molar-refractivity contribution in [2.45, 2.75) is 141 Å². The Morgan fingerprint density at radius 3 is 1.04 bits per heavy atom. The molecule has 534 valence electrons. The monoisotopic (exact) mass is 1440 g/mol. The Morgan fingerprint density at radius 1 is 0.436 bits per heavy atom. The molecule has 0 saturated carbocycles. The van der Waals surface area contributed by atoms with Gasteiger partial charge in [0.15, 0.2) is 5.13 Å². The van der Waals surface area contributed by atoms with Gasteiger partial charge in [-0.3, -0.25) is 14.4 Å². The molecule has 0 aliphatic heterocycles. The molecule has 0 spiro atoms. The van der Waals surface area contributed by atoms with E-state index in [9.17, 15) is 14.4 Å². The van der Waals surface area contributed by atoms with Gasteiger partial charge in [0, 0.05) is 155 Å². The summed E-state index contributed by atoms with van der Waals surface area (Å²) in [6, 6.07) is 38.9. The molecule has 0 bridgehead atoms. The van der Waals surface area contributed by atoms with Gasteiger partial charge >= 0.3 is 11.9 Å². The fraction of sp³-hybridized carbons (Fsp3) is 0.372. The number of fused-ring (bicyclic) bond motifs is 6. The summed E-state index contributed by atoms with van der Waals surface area (Å²) in [5, 5.41) is 28.8. The number of hydrogen-bond donors (Lipinski definition) is 4. The SMILES string of the molecule is Cc1ccc2[nH]cc(C[C@H](C)C(=O)O)c2c1.Cc1ccc2c(c1)c(CC(C)C)cn2C.Cc1ccc2c(c1)c(CC(C)C)cn2C.Cc1ccc2c(c1)c(C[C@H](C)C(=O)CBr)cn2C.Cc1ccc2c(c1)c(C[C@H](C)C(=O)O)cn2C.Cc1ccc2c(c1)c(C[C@H](C)c1csc(N)n1)cn2C. The van der Waals surface area contributed by atoms with E-state index in [0.717, 1.165) is 57.9 Å². The zero-order chi connectivity index (χ0) is 73.8. The maximum absolute atomic E-state index is 11.7. The number of nitrogens with one attached hydrogen (secondary N) is 1. The van der Waals surface area contributed by atoms with Gasteiger partial charge < -0.3 is 43.8 Å². The van der Waals surface area contributed by atoms with Gasteiger partial charge in [0.05, 0.1) is 22.9 Å². The van der Waals surface area contributed by atoms with Crippen molar-refractivity contribution < 1.29 is 24.6 Å². The number of aromatic amines is 1. The van der Waals surface area contributed by atoms with E-state index in [1.54, 1.807) is 13.8 Å². The van der Waals surface area contributed by atoms with E-state index < -0.39 is 11.9 Å². The number of aromatic nitrogens is 7. The molecule has 7 aromatic heterocycles. The number of nitrogens with zero attached hydrogens (tertiary/aromatic N) is 6. The van der Waals surface area contributed by atoms with Gasteiger partial charge in [-0.2, -0.15) is 0 Å². The number of aliphatic carboxylic acids is 2. The Kier molecular flexibility index (Phi) is 26.7. The average Bonchev–Trinajstić information content (AvgIpc) is 1.70. The summed E-state index contributed by atoms with van der Waals surface area (Å²) in [5.41, 5.74) is 29.7. The van der Waals surface area contributed by atoms with Crippen LogP contribution >= 0.6 is 27.3 Å². The lowest BCUT2D eigenvalue weighted by atomic mass is 9.97. The summed E-state index contributed by atoms with van der Waals surface area (Å²) in [6.45, 7) is 29.4. The third-order valence-electron chi connectivity index (χ3n) is 19.0. The number of aryl methyl sites for hydroxylation is 11. The first-order chi connectivity index (χ1) is 47.8. The van der Waals surface area contributed by atoms with Crippen LogP contribution in [0.15, 0.2) is 152 Å². The normalized spacial score (nSPS) is 12.5. The van der Waals surface area contributed by atoms with Crippen molar-refractivity contribution in [3.63, 3.8) is 0 Å². The first kappa shape index (κ1) is 77.8. The lowest BCUT2D eigenvalue weighted by Crippen LogP contribution is -2.14. The van der Waals surface area contributed by atoms with E-state index in [4.69, 9.17) is 15.9 Å². The summed E-state index contributed by atoms with van der Waals surface area (Å²) in [7, 11) is 10.4. The highest BCUT2D eigenvalue weighted by Gasteiger charge is 2.20. The number of ketones is 1. The van der Waals surface area contributed by atoms with Gasteiger partial charge in [-0.1, -0.05) is 141 Å². The Balaban J connectivity index is 0.000000154. The first-order valence-corrected chi connectivity index (χ1v) is 37.3. The van der Waals surface area contributed by atoms with Gasteiger partial charge in [0.2, 0.25) is 0 Å². The van der Waals surface area contributed by atoms with Crippen LogP contribution in [0.2, 0.25) is 0 Å². The number of carbonyl (C=O) groups is 3. The minimum absolute atomic E-state index is 0.0653. The predicted octanol–water partition coefficient (Wildman–Crippen LogP) is 20.4. The quantitative estimate of drug-likeness (QED) is 0.0657. The number of halogens is 1. The van der Waals surface area contributed by atoms with Gasteiger partial charge in [-0.05, 0) is 198 Å². The van der Waals surface area contributed by atoms with Crippen LogP contribution in [-0.4, -0.2) is 66.1 Å². The molecular formula is C86H107BrN8O5S. The standard InChI is InChI=1S/C16H19N3S.C15H18BrNO.C14H17NO2.2C14H19N.C13H15NO2/c1-10-4-5-15-13(6-10)12(8-19(15)3)7-11(2)14-9-20-16(17)18-14;1-10-4-5-14-13(6-10)12(9-17(14)3)7-11(2)15(18)8-16;1-9-4-5-13-12(6-9)11(8-15(13)3)7-10(2)14(16)17;2*1-10(2)7-12-9-15(4)14-6-5-11(3)8-13(12)14;1-8-3-4-12-11(5-8)10(7-14-12)6-9(2)13(15)16/h4-6,8-9,11H,7H2,1-3H3,(H2,17,18);4-6,9,11H,7-8H2,1-3H3;4-6,8,10H,7H2,1-3H3,(H,16,17);2*5-6,8-10H,7H2,1-4H3;3-5,7,9,14H,6H2,1-2H3,(H,15,16)/t2*11-;10-;;;9-/m000..0/s1. The number of carbonyl (C=O) groups excluding carboxylic acids is 1. The van der Waals surface area contributed by atoms with E-state index in [1.807, 2.05) is 45.4 Å². The number of H-pyrrole nitrogens is 1. The Hall–Kier alpha value is -8.92. The highest BCUT2D eigenvalue weighted by molar-refractivity contribution is 9.09. The van der Waals surface area contributed by atoms with Gasteiger partial charge in [-0.25, -0.2) is 4.98 Å². The summed E-state index contributed by atoms with van der Waals surface area (Å²) in [6.07, 6.45) is 18.1. The lowest BCUT2D eigenvalue weighted by molar-refractivity contribution is -0.142. The molecule has 0 fully saturated rings. The van der Waals surface area contributed by atoms with Crippen LogP contribution in [0.25, 0.3) is 65.4 Å². The second kappa shape index (κ2) is 34.6. The highest BCUT2D eigenvalue weighted by atomic mass is 79.9. The second-order valence-corrected chi connectivity index (χ2v) is 30.7. The second-order valence-electron chi connectivity index (χ2n) is 29.3. The van der Waals surface area contributed by atoms with Crippen molar-refractivity contribution in [2.24, 2.45) is 64.8 Å². The van der Waals surface area contributed by atoms with Crippen LogP contribution in [0.5, 0.6) is 0 Å². The highest BCUT2D eigenvalue weighted by Crippen LogP contribution is 2.32. The van der Waals surface area contributed by atoms with Gasteiger partial charge in [-0.15, -0.1) is 11.3 Å². The molecule has 13 nitrogen and oxygen atoms in total. The number of thiazole rings is 1. The minimum atomic E-state index is -0.748. The van der Waals surface area contributed by atoms with E-state index in [2.05, 4.69) is 273 Å². The molecule has 101 heavy (non-hydrogen) atoms. The van der Waals surface area contributed by atoms with Crippen LogP contribution < -0.4 is 5.73 Å². The summed E-state index contributed by atoms with van der Waals surface area (Å²) in [4.78, 5) is 41.0. The largest absolute Gasteiger partial charge is 0.481 e. The van der Waals surface area contributed by atoms with Gasteiger partial charge in [0.1, 0.15) is 5.78 Å². The molecule has 4 atom stereocenters. The Bertz CT molecular complexity index is 4910. The molecule has 15 heteroatoms. The van der Waals surface area contributed by atoms with E-state index in [0.29, 0.717) is 29.2 Å². The van der Waals surface area contributed by atoms with Crippen LogP contribution in [0.4, 0.5) is 5.13 Å². The van der Waals surface area contributed by atoms with E-state index in [1.165, 1.54) is 129 Å². The maximum Gasteiger partial charge on any atom is 0.306 e. The number of carboxylic acid groups (broad SMARTS) is 2. The third kappa shape index (κ3) is 20.2. The Morgan fingerprint density at radius 2 is 0.733 bits per heavy atom. The van der Waals surface area contributed by atoms with Crippen molar-refractivity contribution in [2.75, 3.05) is 11.1 Å². The van der Waals surface area contributed by atoms with Crippen LogP contribution in [0.3, 0.4) is 0 Å². The van der Waals surface area contributed by atoms with Crippen molar-refractivity contribution in [3.05, 3.63) is 224 Å². The molecule has 6 aromatic carbocycles. The number of Topliss-reactive ketones (excluding diaryl/α,β-unsaturated/α-hetero) is 1. The molecule has 0 amide bonds. The van der Waals surface area contributed by atoms with Crippen LogP contribution in [0.1, 0.15) is 134 Å². The zero-order valence-electron chi connectivity index (χ0n) is 63.0. The zero-order valence-corrected chi connectivity index (χ0v) is 65.4. The van der Waals surface area contributed by atoms with Crippen LogP contribution in [0, 0.1) is 71.1 Å². The molecular weight excluding hydrogens is 1340 g/mol. The molecule has 13 aromatic rings. The number of benzene rings is 6. The summed E-state index contributed by atoms with van der Waals surface area (Å²) < 4.78 is 10.8. The van der Waals surface area contributed by atoms with Crippen molar-refractivity contribution in [1.82, 2.24) is 32.8 Å². The summed E-state index contributed by atoms with van der Waals surface area (Å²) >= 11 is 4.76. The lowest BCUT2D eigenvalue weighted by Gasteiger charge is -2.07. The number of anilines is 1. The predicted molar refractivity (Wildman–Crippen MR) is 430 cm³/mol. The molecule has 0 aliphatic rings.